The molecule has 1 atom stereocenters. The summed E-state index contributed by atoms with van der Waals surface area (Å²) in [5.74, 6) is -1.07. The summed E-state index contributed by atoms with van der Waals surface area (Å²) in [5.41, 5.74) is 4.70. The molecule has 0 bridgehead atoms. The fourth-order valence-corrected chi connectivity index (χ4v) is 3.80. The monoisotopic (exact) mass is 485 g/mol. The molecule has 172 valence electrons. The van der Waals surface area contributed by atoms with E-state index in [1.54, 1.807) is 17.7 Å². The highest BCUT2D eigenvalue weighted by Gasteiger charge is 2.19. The number of ether oxygens (including phenoxy) is 1. The molecule has 2 aromatic carbocycles. The second kappa shape index (κ2) is 10.7. The third kappa shape index (κ3) is 6.03. The average molecular weight is 486 g/mol. The summed E-state index contributed by atoms with van der Waals surface area (Å²) in [5, 5.41) is 8.25. The standard InChI is InChI=1S/C25H25Cl2N3O3/c1-15-8-7-9-16(2)23(15)28-25(32)18(4)33-22(31)13-12-20-17(3)29-30(24(20)27)14-19-10-5-6-11-21(19)26/h5-13,18H,14H2,1-4H3,(H,28,32)/b13-12+. The molecular weight excluding hydrogens is 461 g/mol. The first-order chi connectivity index (χ1) is 15.7. The molecule has 1 heterocycles. The number of hydrogen-bond donors (Lipinski definition) is 1. The number of aromatic nitrogens is 2. The molecule has 3 rings (SSSR count). The van der Waals surface area contributed by atoms with Crippen molar-refractivity contribution in [2.24, 2.45) is 0 Å². The van der Waals surface area contributed by atoms with Gasteiger partial charge in [0, 0.05) is 22.3 Å². The maximum Gasteiger partial charge on any atom is 0.331 e. The number of carbonyl (C=O) groups is 2. The summed E-state index contributed by atoms with van der Waals surface area (Å²) in [4.78, 5) is 24.8. The van der Waals surface area contributed by atoms with Crippen molar-refractivity contribution in [1.82, 2.24) is 9.78 Å². The number of amides is 1. The zero-order valence-electron chi connectivity index (χ0n) is 18.9. The quantitative estimate of drug-likeness (QED) is 0.341. The number of esters is 1. The highest BCUT2D eigenvalue weighted by atomic mass is 35.5. The van der Waals surface area contributed by atoms with Crippen molar-refractivity contribution in [3.8, 4) is 0 Å². The van der Waals surface area contributed by atoms with Crippen LogP contribution in [0, 0.1) is 20.8 Å². The minimum absolute atomic E-state index is 0.372. The number of hydrogen-bond acceptors (Lipinski definition) is 4. The van der Waals surface area contributed by atoms with Gasteiger partial charge in [0.25, 0.3) is 5.91 Å². The highest BCUT2D eigenvalue weighted by Crippen LogP contribution is 2.24. The lowest BCUT2D eigenvalue weighted by Crippen LogP contribution is -2.30. The van der Waals surface area contributed by atoms with Crippen LogP contribution in [0.3, 0.4) is 0 Å². The maximum absolute atomic E-state index is 12.5. The number of benzene rings is 2. The number of aryl methyl sites for hydroxylation is 3. The number of rotatable bonds is 7. The molecule has 6 nitrogen and oxygen atoms in total. The van der Waals surface area contributed by atoms with E-state index < -0.39 is 18.0 Å². The summed E-state index contributed by atoms with van der Waals surface area (Å²) in [6.07, 6.45) is 1.80. The van der Waals surface area contributed by atoms with Crippen molar-refractivity contribution in [2.45, 2.75) is 40.3 Å². The number of carbonyl (C=O) groups excluding carboxylic acids is 2. The molecule has 0 saturated heterocycles. The number of halogens is 2. The summed E-state index contributed by atoms with van der Waals surface area (Å²) in [7, 11) is 0. The maximum atomic E-state index is 12.5. The topological polar surface area (TPSA) is 73.2 Å². The van der Waals surface area contributed by atoms with Crippen LogP contribution < -0.4 is 5.32 Å². The Hall–Kier alpha value is -3.09. The van der Waals surface area contributed by atoms with Gasteiger partial charge in [-0.1, -0.05) is 59.6 Å². The van der Waals surface area contributed by atoms with Crippen LogP contribution in [0.15, 0.2) is 48.5 Å². The highest BCUT2D eigenvalue weighted by molar-refractivity contribution is 6.32. The van der Waals surface area contributed by atoms with E-state index in [1.807, 2.05) is 50.2 Å². The van der Waals surface area contributed by atoms with Gasteiger partial charge in [-0.3, -0.25) is 4.79 Å². The predicted molar refractivity (Wildman–Crippen MR) is 132 cm³/mol. The average Bonchev–Trinajstić information content (AvgIpc) is 3.03. The Morgan fingerprint density at radius 2 is 1.76 bits per heavy atom. The van der Waals surface area contributed by atoms with E-state index in [0.29, 0.717) is 33.7 Å². The van der Waals surface area contributed by atoms with Gasteiger partial charge in [-0.25, -0.2) is 9.48 Å². The molecule has 1 unspecified atom stereocenters. The zero-order valence-corrected chi connectivity index (χ0v) is 20.4. The van der Waals surface area contributed by atoms with Crippen LogP contribution in [0.4, 0.5) is 5.69 Å². The number of para-hydroxylation sites is 1. The summed E-state index contributed by atoms with van der Waals surface area (Å²) >= 11 is 12.7. The predicted octanol–water partition coefficient (Wildman–Crippen LogP) is 5.75. The molecule has 1 N–H and O–H groups in total. The van der Waals surface area contributed by atoms with Gasteiger partial charge in [0.05, 0.1) is 12.2 Å². The van der Waals surface area contributed by atoms with Crippen LogP contribution in [0.25, 0.3) is 6.08 Å². The van der Waals surface area contributed by atoms with Gasteiger partial charge in [0.15, 0.2) is 6.10 Å². The van der Waals surface area contributed by atoms with Gasteiger partial charge in [0.1, 0.15) is 5.15 Å². The number of nitrogens with one attached hydrogen (secondary N) is 1. The Bertz CT molecular complexity index is 1200. The summed E-state index contributed by atoms with van der Waals surface area (Å²) < 4.78 is 6.87. The Morgan fingerprint density at radius 3 is 2.42 bits per heavy atom. The van der Waals surface area contributed by atoms with E-state index in [1.165, 1.54) is 19.1 Å². The Labute approximate surface area is 203 Å². The molecule has 0 fully saturated rings. The van der Waals surface area contributed by atoms with E-state index in [2.05, 4.69) is 10.4 Å². The van der Waals surface area contributed by atoms with Crippen LogP contribution in [0.1, 0.15) is 34.9 Å². The van der Waals surface area contributed by atoms with E-state index in [0.717, 1.165) is 16.7 Å². The first-order valence-electron chi connectivity index (χ1n) is 10.4. The molecule has 1 amide bonds. The normalized spacial score (nSPS) is 12.1. The van der Waals surface area contributed by atoms with Gasteiger partial charge in [-0.15, -0.1) is 0 Å². The minimum Gasteiger partial charge on any atom is -0.449 e. The van der Waals surface area contributed by atoms with Crippen molar-refractivity contribution in [2.75, 3.05) is 5.32 Å². The molecule has 1 aromatic heterocycles. The molecule has 0 aliphatic heterocycles. The SMILES string of the molecule is Cc1cccc(C)c1NC(=O)C(C)OC(=O)/C=C/c1c(C)nn(Cc2ccccc2Cl)c1Cl. The molecule has 3 aromatic rings. The van der Waals surface area contributed by atoms with E-state index in [-0.39, 0.29) is 0 Å². The van der Waals surface area contributed by atoms with E-state index in [4.69, 9.17) is 27.9 Å². The Morgan fingerprint density at radius 1 is 1.09 bits per heavy atom. The second-order valence-corrected chi connectivity index (χ2v) is 8.47. The molecule has 33 heavy (non-hydrogen) atoms. The van der Waals surface area contributed by atoms with Gasteiger partial charge < -0.3 is 10.1 Å². The molecule has 8 heteroatoms. The van der Waals surface area contributed by atoms with Crippen LogP contribution in [-0.4, -0.2) is 27.8 Å². The van der Waals surface area contributed by atoms with Gasteiger partial charge in [0.2, 0.25) is 0 Å². The lowest BCUT2D eigenvalue weighted by atomic mass is 10.1. The first kappa shape index (κ1) is 24.6. The largest absolute Gasteiger partial charge is 0.449 e. The summed E-state index contributed by atoms with van der Waals surface area (Å²) in [6, 6.07) is 13.2. The lowest BCUT2D eigenvalue weighted by molar-refractivity contribution is -0.148. The molecule has 0 saturated carbocycles. The van der Waals surface area contributed by atoms with Gasteiger partial charge >= 0.3 is 5.97 Å². The molecule has 0 radical (unpaired) electrons. The van der Waals surface area contributed by atoms with Crippen molar-refractivity contribution >= 4 is 46.8 Å². The van der Waals surface area contributed by atoms with Crippen LogP contribution in [0.5, 0.6) is 0 Å². The van der Waals surface area contributed by atoms with Crippen molar-refractivity contribution in [1.29, 1.82) is 0 Å². The van der Waals surface area contributed by atoms with Crippen molar-refractivity contribution in [3.63, 3.8) is 0 Å². The fraction of sp³-hybridized carbons (Fsp3) is 0.240. The molecule has 0 aliphatic carbocycles. The van der Waals surface area contributed by atoms with Gasteiger partial charge in [-0.2, -0.15) is 5.10 Å². The Balaban J connectivity index is 1.65. The van der Waals surface area contributed by atoms with Crippen LogP contribution >= 0.6 is 23.2 Å². The third-order valence-corrected chi connectivity index (χ3v) is 5.93. The molecular formula is C25H25Cl2N3O3. The van der Waals surface area contributed by atoms with E-state index >= 15 is 0 Å². The smallest absolute Gasteiger partial charge is 0.331 e. The molecule has 0 aliphatic rings. The van der Waals surface area contributed by atoms with E-state index in [9.17, 15) is 9.59 Å². The zero-order chi connectivity index (χ0) is 24.1. The Kier molecular flexibility index (Phi) is 7.95. The van der Waals surface area contributed by atoms with Gasteiger partial charge in [-0.05, 0) is 56.5 Å². The number of nitrogens with zero attached hydrogens (tertiary/aromatic N) is 2. The third-order valence-electron chi connectivity index (χ3n) is 5.16. The number of anilines is 1. The molecule has 0 spiro atoms. The second-order valence-electron chi connectivity index (χ2n) is 7.71. The lowest BCUT2D eigenvalue weighted by Gasteiger charge is -2.15. The summed E-state index contributed by atoms with van der Waals surface area (Å²) in [6.45, 7) is 7.52. The fourth-order valence-electron chi connectivity index (χ4n) is 3.30. The first-order valence-corrected chi connectivity index (χ1v) is 11.1. The van der Waals surface area contributed by atoms with Crippen molar-refractivity contribution in [3.05, 3.63) is 86.7 Å². The van der Waals surface area contributed by atoms with Crippen LogP contribution in [-0.2, 0) is 20.9 Å². The van der Waals surface area contributed by atoms with Crippen LogP contribution in [0.2, 0.25) is 10.2 Å². The van der Waals surface area contributed by atoms with Crippen molar-refractivity contribution < 1.29 is 14.3 Å². The minimum atomic E-state index is -0.972.